The first-order valence-electron chi connectivity index (χ1n) is 11.0. The highest BCUT2D eigenvalue weighted by Crippen LogP contribution is 2.25. The van der Waals surface area contributed by atoms with E-state index in [1.165, 1.54) is 25.1 Å². The summed E-state index contributed by atoms with van der Waals surface area (Å²) >= 11 is 0. The Morgan fingerprint density at radius 2 is 1.73 bits per heavy atom. The number of benzene rings is 3. The third-order valence-electron chi connectivity index (χ3n) is 4.98. The van der Waals surface area contributed by atoms with Crippen molar-refractivity contribution in [2.24, 2.45) is 4.99 Å². The Morgan fingerprint density at radius 3 is 2.45 bits per heavy atom. The number of phenols is 1. The van der Waals surface area contributed by atoms with Crippen molar-refractivity contribution < 1.29 is 24.1 Å². The van der Waals surface area contributed by atoms with Gasteiger partial charge in [-0.3, -0.25) is 4.99 Å². The molecule has 0 unspecified atom stereocenters. The molecule has 0 heterocycles. The minimum absolute atomic E-state index is 0.0428. The lowest BCUT2D eigenvalue weighted by Gasteiger charge is -2.08. The molecule has 0 aliphatic carbocycles. The number of methoxy groups -OCH3 is 1. The fourth-order valence-electron chi connectivity index (χ4n) is 3.10. The van der Waals surface area contributed by atoms with Crippen LogP contribution in [0, 0.1) is 0 Å². The molecular formula is C27H29NO5. The van der Waals surface area contributed by atoms with Crippen LogP contribution in [-0.2, 0) is 0 Å². The lowest BCUT2D eigenvalue weighted by Crippen LogP contribution is -2.08. The standard InChI is InChI=1S/C27H29NO5/c1-3-4-5-6-16-32-23-13-10-20(11-14-23)27(30)33-25-15-12-21(26(29)18-25)19-28-22-8-7-9-24(17-22)31-2/h7-15,17-19,29H,3-6,16H2,1-2H3. The van der Waals surface area contributed by atoms with Crippen LogP contribution in [0.25, 0.3) is 0 Å². The van der Waals surface area contributed by atoms with E-state index in [0.717, 1.165) is 18.6 Å². The molecule has 0 saturated heterocycles. The highest BCUT2D eigenvalue weighted by Gasteiger charge is 2.10. The quantitative estimate of drug-likeness (QED) is 0.161. The number of phenolic OH excluding ortho intramolecular Hbond substituents is 1. The van der Waals surface area contributed by atoms with Gasteiger partial charge >= 0.3 is 5.97 Å². The summed E-state index contributed by atoms with van der Waals surface area (Å²) in [5, 5.41) is 10.3. The van der Waals surface area contributed by atoms with Crippen LogP contribution < -0.4 is 14.2 Å². The summed E-state index contributed by atoms with van der Waals surface area (Å²) in [6.45, 7) is 2.84. The molecule has 6 heteroatoms. The Hall–Kier alpha value is -3.80. The highest BCUT2D eigenvalue weighted by molar-refractivity contribution is 5.91. The second-order valence-electron chi connectivity index (χ2n) is 7.50. The van der Waals surface area contributed by atoms with Crippen LogP contribution in [0.2, 0.25) is 0 Å². The maximum atomic E-state index is 12.4. The number of rotatable bonds is 11. The zero-order valence-corrected chi connectivity index (χ0v) is 19.0. The van der Waals surface area contributed by atoms with Crippen LogP contribution in [0.4, 0.5) is 5.69 Å². The Balaban J connectivity index is 1.56. The summed E-state index contributed by atoms with van der Waals surface area (Å²) in [6.07, 6.45) is 6.10. The van der Waals surface area contributed by atoms with E-state index < -0.39 is 5.97 Å². The lowest BCUT2D eigenvalue weighted by atomic mass is 10.2. The minimum Gasteiger partial charge on any atom is -0.507 e. The molecule has 0 aliphatic rings. The van der Waals surface area contributed by atoms with Crippen LogP contribution in [-0.4, -0.2) is 31.0 Å². The van der Waals surface area contributed by atoms with Crippen LogP contribution in [0.15, 0.2) is 71.7 Å². The third kappa shape index (κ3) is 7.38. The molecule has 6 nitrogen and oxygen atoms in total. The van der Waals surface area contributed by atoms with E-state index in [0.29, 0.717) is 29.2 Å². The maximum Gasteiger partial charge on any atom is 0.343 e. The normalized spacial score (nSPS) is 10.8. The van der Waals surface area contributed by atoms with Gasteiger partial charge in [-0.1, -0.05) is 32.3 Å². The van der Waals surface area contributed by atoms with Crippen molar-refractivity contribution in [3.63, 3.8) is 0 Å². The summed E-state index contributed by atoms with van der Waals surface area (Å²) in [6, 6.07) is 18.8. The second kappa shape index (κ2) is 12.3. The Labute approximate surface area is 194 Å². The third-order valence-corrected chi connectivity index (χ3v) is 4.98. The van der Waals surface area contributed by atoms with Crippen molar-refractivity contribution >= 4 is 17.9 Å². The van der Waals surface area contributed by atoms with Crippen molar-refractivity contribution in [3.8, 4) is 23.0 Å². The van der Waals surface area contributed by atoms with Gasteiger partial charge in [-0.15, -0.1) is 0 Å². The van der Waals surface area contributed by atoms with Crippen LogP contribution in [0.1, 0.15) is 48.5 Å². The van der Waals surface area contributed by atoms with Crippen LogP contribution in [0.3, 0.4) is 0 Å². The molecule has 0 spiro atoms. The second-order valence-corrected chi connectivity index (χ2v) is 7.50. The van der Waals surface area contributed by atoms with E-state index in [-0.39, 0.29) is 11.5 Å². The number of hydrogen-bond donors (Lipinski definition) is 1. The van der Waals surface area contributed by atoms with E-state index >= 15 is 0 Å². The fourth-order valence-corrected chi connectivity index (χ4v) is 3.10. The number of aliphatic imine (C=N–C) groups is 1. The molecule has 0 saturated carbocycles. The largest absolute Gasteiger partial charge is 0.507 e. The topological polar surface area (TPSA) is 77.4 Å². The number of ether oxygens (including phenoxy) is 3. The average molecular weight is 448 g/mol. The molecule has 0 aliphatic heterocycles. The van der Waals surface area contributed by atoms with E-state index in [1.807, 2.05) is 18.2 Å². The molecule has 3 rings (SSSR count). The number of unbranched alkanes of at least 4 members (excludes halogenated alkanes) is 3. The van der Waals surface area contributed by atoms with Gasteiger partial charge in [-0.2, -0.15) is 0 Å². The van der Waals surface area contributed by atoms with Crippen molar-refractivity contribution in [2.45, 2.75) is 32.6 Å². The predicted molar refractivity (Wildman–Crippen MR) is 129 cm³/mol. The number of carbonyl (C=O) groups is 1. The number of carbonyl (C=O) groups excluding carboxylic acids is 1. The van der Waals surface area contributed by atoms with E-state index in [2.05, 4.69) is 11.9 Å². The lowest BCUT2D eigenvalue weighted by molar-refractivity contribution is 0.0734. The van der Waals surface area contributed by atoms with Crippen molar-refractivity contribution in [3.05, 3.63) is 77.9 Å². The van der Waals surface area contributed by atoms with E-state index in [9.17, 15) is 9.90 Å². The molecule has 3 aromatic rings. The SMILES string of the molecule is CCCCCCOc1ccc(C(=O)Oc2ccc(C=Nc3cccc(OC)c3)c(O)c2)cc1. The molecule has 33 heavy (non-hydrogen) atoms. The smallest absolute Gasteiger partial charge is 0.343 e. The molecule has 0 atom stereocenters. The summed E-state index contributed by atoms with van der Waals surface area (Å²) in [4.78, 5) is 16.8. The molecular weight excluding hydrogens is 418 g/mol. The van der Waals surface area contributed by atoms with Crippen molar-refractivity contribution in [1.82, 2.24) is 0 Å². The fraction of sp³-hybridized carbons (Fsp3) is 0.259. The van der Waals surface area contributed by atoms with Gasteiger partial charge in [0.25, 0.3) is 0 Å². The Morgan fingerprint density at radius 1 is 0.939 bits per heavy atom. The van der Waals surface area contributed by atoms with Gasteiger partial charge in [0.05, 0.1) is 25.0 Å². The van der Waals surface area contributed by atoms with Crippen molar-refractivity contribution in [1.29, 1.82) is 0 Å². The first-order chi connectivity index (χ1) is 16.1. The van der Waals surface area contributed by atoms with Gasteiger partial charge in [0.15, 0.2) is 0 Å². The van der Waals surface area contributed by atoms with Gasteiger partial charge < -0.3 is 19.3 Å². The number of hydrogen-bond acceptors (Lipinski definition) is 6. The van der Waals surface area contributed by atoms with Crippen LogP contribution in [0.5, 0.6) is 23.0 Å². The Kier molecular flexibility index (Phi) is 8.88. The van der Waals surface area contributed by atoms with Crippen molar-refractivity contribution in [2.75, 3.05) is 13.7 Å². The van der Waals surface area contributed by atoms with Gasteiger partial charge in [0.1, 0.15) is 23.0 Å². The molecule has 172 valence electrons. The molecule has 3 aromatic carbocycles. The molecule has 0 fully saturated rings. The summed E-state index contributed by atoms with van der Waals surface area (Å²) in [5.41, 5.74) is 1.59. The summed E-state index contributed by atoms with van der Waals surface area (Å²) in [5.74, 6) is 1.11. The summed E-state index contributed by atoms with van der Waals surface area (Å²) in [7, 11) is 1.59. The molecule has 0 amide bonds. The number of nitrogens with zero attached hydrogens (tertiary/aromatic N) is 1. The van der Waals surface area contributed by atoms with Gasteiger partial charge in [-0.05, 0) is 55.0 Å². The van der Waals surface area contributed by atoms with E-state index in [1.54, 1.807) is 49.6 Å². The molecule has 0 aromatic heterocycles. The first-order valence-corrected chi connectivity index (χ1v) is 11.0. The molecule has 1 N–H and O–H groups in total. The maximum absolute atomic E-state index is 12.4. The molecule has 0 radical (unpaired) electrons. The minimum atomic E-state index is -0.512. The predicted octanol–water partition coefficient (Wildman–Crippen LogP) is 6.33. The first kappa shape index (κ1) is 23.9. The van der Waals surface area contributed by atoms with Gasteiger partial charge in [0.2, 0.25) is 0 Å². The monoisotopic (exact) mass is 447 g/mol. The zero-order valence-electron chi connectivity index (χ0n) is 19.0. The van der Waals surface area contributed by atoms with Gasteiger partial charge in [-0.25, -0.2) is 4.79 Å². The van der Waals surface area contributed by atoms with E-state index in [4.69, 9.17) is 14.2 Å². The Bertz CT molecular complexity index is 1080. The average Bonchev–Trinajstić information content (AvgIpc) is 2.84. The summed E-state index contributed by atoms with van der Waals surface area (Å²) < 4.78 is 16.3. The van der Waals surface area contributed by atoms with Crippen LogP contribution >= 0.6 is 0 Å². The number of esters is 1. The zero-order chi connectivity index (χ0) is 23.5. The highest BCUT2D eigenvalue weighted by atomic mass is 16.5. The molecule has 0 bridgehead atoms. The number of aromatic hydroxyl groups is 1. The van der Waals surface area contributed by atoms with Gasteiger partial charge in [0, 0.05) is 23.9 Å².